The van der Waals surface area contributed by atoms with Gasteiger partial charge in [-0.1, -0.05) is 30.7 Å². The molecule has 0 spiro atoms. The van der Waals surface area contributed by atoms with Crippen LogP contribution in [-0.2, 0) is 16.1 Å². The minimum atomic E-state index is -0.336. The van der Waals surface area contributed by atoms with E-state index in [4.69, 9.17) is 0 Å². The molecule has 0 aromatic heterocycles. The summed E-state index contributed by atoms with van der Waals surface area (Å²) in [6.07, 6.45) is 2.70. The van der Waals surface area contributed by atoms with E-state index in [9.17, 15) is 18.8 Å². The van der Waals surface area contributed by atoms with Gasteiger partial charge in [-0.2, -0.15) is 0 Å². The van der Waals surface area contributed by atoms with Crippen molar-refractivity contribution in [1.29, 1.82) is 0 Å². The van der Waals surface area contributed by atoms with Gasteiger partial charge < -0.3 is 25.3 Å². The number of benzene rings is 3. The largest absolute Gasteiger partial charge is 0.368 e. The highest BCUT2D eigenvalue weighted by molar-refractivity contribution is 5.95. The Morgan fingerprint density at radius 1 is 0.878 bits per heavy atom. The number of urea groups is 1. The van der Waals surface area contributed by atoms with E-state index in [1.54, 1.807) is 17.0 Å². The molecule has 8 nitrogen and oxygen atoms in total. The second-order valence-electron chi connectivity index (χ2n) is 10.8. The summed E-state index contributed by atoms with van der Waals surface area (Å²) in [5, 5.41) is 5.87. The molecule has 5 rings (SSSR count). The van der Waals surface area contributed by atoms with Crippen LogP contribution in [0, 0.1) is 18.7 Å². The summed E-state index contributed by atoms with van der Waals surface area (Å²) in [5.74, 6) is -0.688. The molecule has 2 N–H and O–H groups in total. The molecular formula is C32H36FN5O3. The number of halogens is 1. The maximum atomic E-state index is 13.3. The Bertz CT molecular complexity index is 1370. The lowest BCUT2D eigenvalue weighted by Crippen LogP contribution is -2.50. The summed E-state index contributed by atoms with van der Waals surface area (Å²) in [5.41, 5.74) is 4.33. The predicted molar refractivity (Wildman–Crippen MR) is 158 cm³/mol. The normalized spacial score (nSPS) is 15.2. The molecule has 0 atom stereocenters. The van der Waals surface area contributed by atoms with Gasteiger partial charge in [0.25, 0.3) is 0 Å². The van der Waals surface area contributed by atoms with E-state index < -0.39 is 0 Å². The third-order valence-electron chi connectivity index (χ3n) is 7.74. The van der Waals surface area contributed by atoms with E-state index in [-0.39, 0.29) is 42.7 Å². The zero-order chi connectivity index (χ0) is 28.8. The van der Waals surface area contributed by atoms with Gasteiger partial charge in [-0.15, -0.1) is 0 Å². The third kappa shape index (κ3) is 7.42. The lowest BCUT2D eigenvalue weighted by atomic mass is 9.84. The Morgan fingerprint density at radius 3 is 2.22 bits per heavy atom. The zero-order valence-corrected chi connectivity index (χ0v) is 23.3. The van der Waals surface area contributed by atoms with Crippen LogP contribution in [0.1, 0.15) is 30.4 Å². The van der Waals surface area contributed by atoms with Crippen molar-refractivity contribution in [2.24, 2.45) is 5.92 Å². The van der Waals surface area contributed by atoms with Gasteiger partial charge in [0.1, 0.15) is 12.4 Å². The molecule has 1 saturated carbocycles. The molecule has 1 heterocycles. The number of aryl methyl sites for hydroxylation is 1. The molecule has 1 saturated heterocycles. The van der Waals surface area contributed by atoms with Gasteiger partial charge in [0, 0.05) is 55.7 Å². The lowest BCUT2D eigenvalue weighted by Gasteiger charge is -2.36. The minimum Gasteiger partial charge on any atom is -0.368 e. The SMILES string of the molecule is Cc1cccc(NC(=O)N2CCN(c3ccc(NC(=O)CN(Cc4ccc(F)cc4)C(=O)C4CCC4)cc3)CC2)c1. The van der Waals surface area contributed by atoms with Gasteiger partial charge in [-0.05, 0) is 79.4 Å². The molecule has 41 heavy (non-hydrogen) atoms. The first-order valence-corrected chi connectivity index (χ1v) is 14.1. The van der Waals surface area contributed by atoms with Gasteiger partial charge in [0.15, 0.2) is 0 Å². The maximum Gasteiger partial charge on any atom is 0.321 e. The molecule has 3 aromatic carbocycles. The standard InChI is InChI=1S/C32H36FN5O3/c1-23-4-2-7-28(20-23)35-32(41)37-18-16-36(17-19-37)29-14-12-27(13-15-29)34-30(39)22-38(31(40)25-5-3-6-25)21-24-8-10-26(33)11-9-24/h2,4,7-15,20,25H,3,5-6,16-19,21-22H2,1H3,(H,34,39)(H,35,41). The molecular weight excluding hydrogens is 521 g/mol. The number of hydrogen-bond donors (Lipinski definition) is 2. The van der Waals surface area contributed by atoms with Crippen LogP contribution in [0.4, 0.5) is 26.2 Å². The lowest BCUT2D eigenvalue weighted by molar-refractivity contribution is -0.141. The number of rotatable bonds is 8. The van der Waals surface area contributed by atoms with Gasteiger partial charge in [-0.25, -0.2) is 9.18 Å². The second-order valence-corrected chi connectivity index (χ2v) is 10.8. The summed E-state index contributed by atoms with van der Waals surface area (Å²) in [7, 11) is 0. The molecule has 0 radical (unpaired) electrons. The molecule has 0 bridgehead atoms. The van der Waals surface area contributed by atoms with Crippen molar-refractivity contribution in [3.8, 4) is 0 Å². The number of hydrogen-bond acceptors (Lipinski definition) is 4. The van der Waals surface area contributed by atoms with Crippen LogP contribution in [-0.4, -0.2) is 60.4 Å². The van der Waals surface area contributed by atoms with Crippen molar-refractivity contribution in [2.45, 2.75) is 32.7 Å². The van der Waals surface area contributed by atoms with Crippen LogP contribution in [0.3, 0.4) is 0 Å². The molecule has 214 valence electrons. The Morgan fingerprint density at radius 2 is 1.59 bits per heavy atom. The van der Waals surface area contributed by atoms with E-state index in [2.05, 4.69) is 15.5 Å². The van der Waals surface area contributed by atoms with Crippen molar-refractivity contribution in [1.82, 2.24) is 9.80 Å². The highest BCUT2D eigenvalue weighted by Gasteiger charge is 2.30. The third-order valence-corrected chi connectivity index (χ3v) is 7.74. The number of nitrogens with one attached hydrogen (secondary N) is 2. The number of nitrogens with zero attached hydrogens (tertiary/aromatic N) is 3. The molecule has 1 aliphatic carbocycles. The highest BCUT2D eigenvalue weighted by Crippen LogP contribution is 2.29. The van der Waals surface area contributed by atoms with E-state index in [0.717, 1.165) is 41.8 Å². The number of piperazine rings is 1. The van der Waals surface area contributed by atoms with Crippen LogP contribution in [0.25, 0.3) is 0 Å². The number of amides is 4. The van der Waals surface area contributed by atoms with E-state index in [1.807, 2.05) is 60.4 Å². The Balaban J connectivity index is 1.12. The van der Waals surface area contributed by atoms with Crippen LogP contribution in [0.2, 0.25) is 0 Å². The molecule has 2 aliphatic rings. The fraction of sp³-hybridized carbons (Fsp3) is 0.344. The minimum absolute atomic E-state index is 0.0298. The van der Waals surface area contributed by atoms with Crippen LogP contribution >= 0.6 is 0 Å². The smallest absolute Gasteiger partial charge is 0.321 e. The fourth-order valence-electron chi connectivity index (χ4n) is 5.16. The van der Waals surface area contributed by atoms with E-state index in [1.165, 1.54) is 12.1 Å². The Hall–Kier alpha value is -4.40. The Labute approximate surface area is 240 Å². The zero-order valence-electron chi connectivity index (χ0n) is 23.3. The van der Waals surface area contributed by atoms with Gasteiger partial charge in [0.2, 0.25) is 11.8 Å². The molecule has 9 heteroatoms. The van der Waals surface area contributed by atoms with Gasteiger partial charge >= 0.3 is 6.03 Å². The molecule has 2 fully saturated rings. The van der Waals surface area contributed by atoms with Gasteiger partial charge in [-0.3, -0.25) is 9.59 Å². The second kappa shape index (κ2) is 12.8. The van der Waals surface area contributed by atoms with Crippen LogP contribution < -0.4 is 15.5 Å². The summed E-state index contributed by atoms with van der Waals surface area (Å²) in [6, 6.07) is 21.3. The predicted octanol–water partition coefficient (Wildman–Crippen LogP) is 5.26. The highest BCUT2D eigenvalue weighted by atomic mass is 19.1. The molecule has 4 amide bonds. The quantitative estimate of drug-likeness (QED) is 0.396. The van der Waals surface area contributed by atoms with Crippen LogP contribution in [0.15, 0.2) is 72.8 Å². The number of anilines is 3. The molecule has 0 unspecified atom stereocenters. The van der Waals surface area contributed by atoms with E-state index in [0.29, 0.717) is 31.9 Å². The maximum absolute atomic E-state index is 13.3. The van der Waals surface area contributed by atoms with Crippen molar-refractivity contribution in [3.05, 3.63) is 89.7 Å². The molecule has 1 aliphatic heterocycles. The molecule has 3 aromatic rings. The average molecular weight is 558 g/mol. The first-order valence-electron chi connectivity index (χ1n) is 14.1. The van der Waals surface area contributed by atoms with Crippen molar-refractivity contribution in [2.75, 3.05) is 48.3 Å². The van der Waals surface area contributed by atoms with Crippen molar-refractivity contribution in [3.63, 3.8) is 0 Å². The number of carbonyl (C=O) groups excluding carboxylic acids is 3. The number of carbonyl (C=O) groups is 3. The summed E-state index contributed by atoms with van der Waals surface area (Å²) < 4.78 is 13.3. The first-order chi connectivity index (χ1) is 19.8. The van der Waals surface area contributed by atoms with Gasteiger partial charge in [0.05, 0.1) is 0 Å². The topological polar surface area (TPSA) is 85.0 Å². The monoisotopic (exact) mass is 557 g/mol. The fourth-order valence-corrected chi connectivity index (χ4v) is 5.16. The Kier molecular flexibility index (Phi) is 8.82. The van der Waals surface area contributed by atoms with Crippen molar-refractivity contribution < 1.29 is 18.8 Å². The average Bonchev–Trinajstić information content (AvgIpc) is 2.93. The van der Waals surface area contributed by atoms with Crippen LogP contribution in [0.5, 0.6) is 0 Å². The first kappa shape index (κ1) is 28.1. The summed E-state index contributed by atoms with van der Waals surface area (Å²) in [4.78, 5) is 44.2. The summed E-state index contributed by atoms with van der Waals surface area (Å²) in [6.45, 7) is 4.80. The van der Waals surface area contributed by atoms with E-state index >= 15 is 0 Å². The van der Waals surface area contributed by atoms with Crippen molar-refractivity contribution >= 4 is 34.9 Å². The summed E-state index contributed by atoms with van der Waals surface area (Å²) >= 11 is 0.